The van der Waals surface area contributed by atoms with Crippen molar-refractivity contribution in [1.82, 2.24) is 5.43 Å². The minimum Gasteiger partial charge on any atom is -0.497 e. The highest BCUT2D eigenvalue weighted by Crippen LogP contribution is 2.18. The SMILES string of the molecule is COc1cccc(NC(=O)COc2ccccc2/C=N\NC(=O)C(=O)Nc2cccc(OC)c2)c1. The van der Waals surface area contributed by atoms with E-state index in [1.165, 1.54) is 20.4 Å². The number of methoxy groups -OCH3 is 2. The van der Waals surface area contributed by atoms with E-state index in [1.807, 2.05) is 0 Å². The molecule has 3 rings (SSSR count). The second-order valence-corrected chi connectivity index (χ2v) is 6.99. The molecule has 3 aromatic rings. The van der Waals surface area contributed by atoms with Gasteiger partial charge in [0.05, 0.1) is 20.4 Å². The number of hydrazone groups is 1. The van der Waals surface area contributed by atoms with Gasteiger partial charge in [-0.2, -0.15) is 5.10 Å². The van der Waals surface area contributed by atoms with Crippen LogP contribution < -0.4 is 30.3 Å². The Morgan fingerprint density at radius 1 is 0.800 bits per heavy atom. The molecule has 3 aromatic carbocycles. The molecule has 0 radical (unpaired) electrons. The van der Waals surface area contributed by atoms with Crippen LogP contribution in [-0.4, -0.2) is 44.8 Å². The van der Waals surface area contributed by atoms with Gasteiger partial charge in [0, 0.05) is 29.1 Å². The fraction of sp³-hybridized carbons (Fsp3) is 0.120. The average molecular weight is 476 g/mol. The molecule has 0 aliphatic rings. The van der Waals surface area contributed by atoms with E-state index in [4.69, 9.17) is 14.2 Å². The second kappa shape index (κ2) is 12.4. The summed E-state index contributed by atoms with van der Waals surface area (Å²) in [5.41, 5.74) is 3.63. The van der Waals surface area contributed by atoms with Gasteiger partial charge in [-0.1, -0.05) is 24.3 Å². The van der Waals surface area contributed by atoms with Crippen molar-refractivity contribution in [2.45, 2.75) is 0 Å². The molecule has 0 spiro atoms. The molecule has 0 aliphatic carbocycles. The summed E-state index contributed by atoms with van der Waals surface area (Å²) in [6.45, 7) is -0.253. The highest BCUT2D eigenvalue weighted by molar-refractivity contribution is 6.39. The van der Waals surface area contributed by atoms with Crippen molar-refractivity contribution in [2.75, 3.05) is 31.5 Å². The number of amides is 3. The van der Waals surface area contributed by atoms with E-state index in [9.17, 15) is 14.4 Å². The summed E-state index contributed by atoms with van der Waals surface area (Å²) < 4.78 is 15.8. The molecule has 0 aromatic heterocycles. The summed E-state index contributed by atoms with van der Waals surface area (Å²) in [6, 6.07) is 20.3. The van der Waals surface area contributed by atoms with Gasteiger partial charge in [-0.15, -0.1) is 0 Å². The summed E-state index contributed by atoms with van der Waals surface area (Å²) in [4.78, 5) is 36.4. The van der Waals surface area contributed by atoms with Crippen molar-refractivity contribution in [2.24, 2.45) is 5.10 Å². The number of nitrogens with one attached hydrogen (secondary N) is 3. The summed E-state index contributed by atoms with van der Waals surface area (Å²) in [5.74, 6) is -0.701. The number of para-hydroxylation sites is 1. The molecule has 3 N–H and O–H groups in total. The fourth-order valence-electron chi connectivity index (χ4n) is 2.86. The van der Waals surface area contributed by atoms with Crippen molar-refractivity contribution in [1.29, 1.82) is 0 Å². The van der Waals surface area contributed by atoms with Crippen LogP contribution in [0.4, 0.5) is 11.4 Å². The molecule has 0 unspecified atom stereocenters. The molecule has 0 saturated carbocycles. The standard InChI is InChI=1S/C25H24N4O6/c1-33-20-10-5-8-18(13-20)27-23(30)16-35-22-12-4-3-7-17(22)15-26-29-25(32)24(31)28-19-9-6-11-21(14-19)34-2/h3-15H,16H2,1-2H3,(H,27,30)(H,28,31)(H,29,32)/b26-15-. The number of hydrogen-bond acceptors (Lipinski definition) is 7. The van der Waals surface area contributed by atoms with E-state index in [-0.39, 0.29) is 12.5 Å². The Labute approximate surface area is 201 Å². The molecule has 0 saturated heterocycles. The van der Waals surface area contributed by atoms with Crippen molar-refractivity contribution in [3.05, 3.63) is 78.4 Å². The number of anilines is 2. The minimum atomic E-state index is -0.958. The maximum Gasteiger partial charge on any atom is 0.329 e. The molecule has 0 heterocycles. The van der Waals surface area contributed by atoms with Crippen LogP contribution in [0.2, 0.25) is 0 Å². The van der Waals surface area contributed by atoms with Crippen molar-refractivity contribution in [3.63, 3.8) is 0 Å². The first-order chi connectivity index (χ1) is 17.0. The van der Waals surface area contributed by atoms with E-state index in [0.717, 1.165) is 0 Å². The quantitative estimate of drug-likeness (QED) is 0.248. The number of hydrogen-bond donors (Lipinski definition) is 3. The second-order valence-electron chi connectivity index (χ2n) is 6.99. The number of ether oxygens (including phenoxy) is 3. The Morgan fingerprint density at radius 2 is 1.43 bits per heavy atom. The number of carbonyl (C=O) groups excluding carboxylic acids is 3. The molecule has 0 bridgehead atoms. The molecule has 10 heteroatoms. The molecule has 35 heavy (non-hydrogen) atoms. The van der Waals surface area contributed by atoms with Gasteiger partial charge in [-0.25, -0.2) is 5.43 Å². The Kier molecular flexibility index (Phi) is 8.78. The Morgan fingerprint density at radius 3 is 2.09 bits per heavy atom. The van der Waals surface area contributed by atoms with Gasteiger partial charge in [-0.3, -0.25) is 14.4 Å². The van der Waals surface area contributed by atoms with Crippen LogP contribution in [0.15, 0.2) is 77.9 Å². The van der Waals surface area contributed by atoms with Crippen LogP contribution in [0.3, 0.4) is 0 Å². The van der Waals surface area contributed by atoms with E-state index < -0.39 is 11.8 Å². The summed E-state index contributed by atoms with van der Waals surface area (Å²) in [7, 11) is 3.04. The summed E-state index contributed by atoms with van der Waals surface area (Å²) in [5, 5.41) is 8.98. The zero-order chi connectivity index (χ0) is 25.0. The van der Waals surface area contributed by atoms with E-state index >= 15 is 0 Å². The van der Waals surface area contributed by atoms with Crippen LogP contribution >= 0.6 is 0 Å². The Hall–Kier alpha value is -4.86. The summed E-state index contributed by atoms with van der Waals surface area (Å²) >= 11 is 0. The lowest BCUT2D eigenvalue weighted by Crippen LogP contribution is -2.32. The topological polar surface area (TPSA) is 127 Å². The third-order valence-corrected chi connectivity index (χ3v) is 4.53. The monoisotopic (exact) mass is 476 g/mol. The van der Waals surface area contributed by atoms with Gasteiger partial charge in [0.25, 0.3) is 5.91 Å². The molecule has 10 nitrogen and oxygen atoms in total. The van der Waals surface area contributed by atoms with Gasteiger partial charge in [-0.05, 0) is 36.4 Å². The minimum absolute atomic E-state index is 0.253. The smallest absolute Gasteiger partial charge is 0.329 e. The Bertz CT molecular complexity index is 1230. The molecule has 0 fully saturated rings. The average Bonchev–Trinajstić information content (AvgIpc) is 2.88. The highest BCUT2D eigenvalue weighted by atomic mass is 16.5. The molecular weight excluding hydrogens is 452 g/mol. The van der Waals surface area contributed by atoms with Crippen LogP contribution in [0.1, 0.15) is 5.56 Å². The first-order valence-corrected chi connectivity index (χ1v) is 10.4. The first kappa shape index (κ1) is 24.8. The summed E-state index contributed by atoms with van der Waals surface area (Å²) in [6.07, 6.45) is 1.31. The largest absolute Gasteiger partial charge is 0.497 e. The van der Waals surface area contributed by atoms with Gasteiger partial charge in [0.1, 0.15) is 17.2 Å². The Balaban J connectivity index is 1.53. The van der Waals surface area contributed by atoms with Crippen LogP contribution in [-0.2, 0) is 14.4 Å². The zero-order valence-electron chi connectivity index (χ0n) is 19.1. The molecule has 3 amide bonds. The predicted molar refractivity (Wildman–Crippen MR) is 131 cm³/mol. The lowest BCUT2D eigenvalue weighted by Gasteiger charge is -2.10. The number of carbonyl (C=O) groups is 3. The highest BCUT2D eigenvalue weighted by Gasteiger charge is 2.13. The maximum atomic E-state index is 12.2. The van der Waals surface area contributed by atoms with Crippen LogP contribution in [0.5, 0.6) is 17.2 Å². The van der Waals surface area contributed by atoms with E-state index in [2.05, 4.69) is 21.2 Å². The number of nitrogens with zero attached hydrogens (tertiary/aromatic N) is 1. The normalized spacial score (nSPS) is 10.3. The molecule has 180 valence electrons. The lowest BCUT2D eigenvalue weighted by molar-refractivity contribution is -0.136. The van der Waals surface area contributed by atoms with Gasteiger partial charge in [0.2, 0.25) is 0 Å². The maximum absolute atomic E-state index is 12.2. The number of rotatable bonds is 9. The van der Waals surface area contributed by atoms with Crippen LogP contribution in [0, 0.1) is 0 Å². The molecule has 0 atom stereocenters. The lowest BCUT2D eigenvalue weighted by atomic mass is 10.2. The van der Waals surface area contributed by atoms with Crippen molar-refractivity contribution >= 4 is 35.3 Å². The third-order valence-electron chi connectivity index (χ3n) is 4.53. The molecular formula is C25H24N4O6. The first-order valence-electron chi connectivity index (χ1n) is 10.4. The molecule has 0 aliphatic heterocycles. The zero-order valence-corrected chi connectivity index (χ0v) is 19.1. The third kappa shape index (κ3) is 7.60. The van der Waals surface area contributed by atoms with Crippen molar-refractivity contribution < 1.29 is 28.6 Å². The van der Waals surface area contributed by atoms with E-state index in [0.29, 0.717) is 34.2 Å². The number of benzene rings is 3. The van der Waals surface area contributed by atoms with Gasteiger partial charge in [0.15, 0.2) is 6.61 Å². The van der Waals surface area contributed by atoms with E-state index in [1.54, 1.807) is 72.8 Å². The van der Waals surface area contributed by atoms with Crippen molar-refractivity contribution in [3.8, 4) is 17.2 Å². The van der Waals surface area contributed by atoms with Gasteiger partial charge >= 0.3 is 11.8 Å². The van der Waals surface area contributed by atoms with Crippen LogP contribution in [0.25, 0.3) is 0 Å². The fourth-order valence-corrected chi connectivity index (χ4v) is 2.86. The van der Waals surface area contributed by atoms with Gasteiger partial charge < -0.3 is 24.8 Å². The predicted octanol–water partition coefficient (Wildman–Crippen LogP) is 2.81.